The lowest BCUT2D eigenvalue weighted by Crippen LogP contribution is -2.08. The van der Waals surface area contributed by atoms with E-state index in [-0.39, 0.29) is 0 Å². The molecule has 2 rings (SSSR count). The quantitative estimate of drug-likeness (QED) is 0.471. The molecule has 0 saturated carbocycles. The van der Waals surface area contributed by atoms with E-state index in [9.17, 15) is 0 Å². The van der Waals surface area contributed by atoms with E-state index in [1.54, 1.807) is 13.1 Å². The highest BCUT2D eigenvalue weighted by Crippen LogP contribution is 2.21. The van der Waals surface area contributed by atoms with E-state index in [4.69, 9.17) is 10.3 Å². The summed E-state index contributed by atoms with van der Waals surface area (Å²) in [4.78, 5) is 4.02. The lowest BCUT2D eigenvalue weighted by Gasteiger charge is -2.01. The van der Waals surface area contributed by atoms with Crippen LogP contribution in [-0.4, -0.2) is 15.2 Å². The van der Waals surface area contributed by atoms with Crippen molar-refractivity contribution in [3.05, 3.63) is 29.8 Å². The molecule has 0 unspecified atom stereocenters. The summed E-state index contributed by atoms with van der Waals surface area (Å²) in [7, 11) is 0. The lowest BCUT2D eigenvalue weighted by atomic mass is 10.3. The van der Waals surface area contributed by atoms with Crippen LogP contribution in [0.3, 0.4) is 0 Å². The van der Waals surface area contributed by atoms with Crippen LogP contribution in [0.4, 0.5) is 5.82 Å². The van der Waals surface area contributed by atoms with Gasteiger partial charge in [0.25, 0.3) is 5.22 Å². The second-order valence-corrected chi connectivity index (χ2v) is 4.00. The van der Waals surface area contributed by atoms with Gasteiger partial charge < -0.3 is 9.84 Å². The third-order valence-electron chi connectivity index (χ3n) is 1.84. The number of hydrogen-bond acceptors (Lipinski definition) is 7. The zero-order chi connectivity index (χ0) is 11.4. The number of nitrogens with two attached hydrogens (primary N) is 1. The average molecular weight is 237 g/mol. The van der Waals surface area contributed by atoms with Crippen LogP contribution in [0.2, 0.25) is 0 Å². The minimum Gasteiger partial charge on any atom is -0.416 e. The monoisotopic (exact) mass is 237 g/mol. The summed E-state index contributed by atoms with van der Waals surface area (Å²) in [6, 6.07) is 3.79. The summed E-state index contributed by atoms with van der Waals surface area (Å²) in [5.41, 5.74) is 3.58. The average Bonchev–Trinajstić information content (AvgIpc) is 2.73. The molecule has 2 aromatic heterocycles. The highest BCUT2D eigenvalue weighted by atomic mass is 32.2. The summed E-state index contributed by atoms with van der Waals surface area (Å²) in [5.74, 6) is 7.21. The van der Waals surface area contributed by atoms with Gasteiger partial charge in [0.15, 0.2) is 0 Å². The second-order valence-electron chi connectivity index (χ2n) is 3.07. The molecule has 2 aromatic rings. The molecule has 0 aliphatic carbocycles. The first-order chi connectivity index (χ1) is 7.78. The molecule has 0 amide bonds. The predicted molar refractivity (Wildman–Crippen MR) is 60.6 cm³/mol. The molecular weight excluding hydrogens is 226 g/mol. The fourth-order valence-corrected chi connectivity index (χ4v) is 1.87. The van der Waals surface area contributed by atoms with Gasteiger partial charge in [0.2, 0.25) is 5.89 Å². The molecule has 0 fully saturated rings. The minimum absolute atomic E-state index is 0.566. The standard InChI is InChI=1S/C9H11N5OS/c1-6-13-14-9(15-6)16-5-7-2-3-11-8(4-7)12-10/h2-4H,5,10H2,1H3,(H,11,12). The Morgan fingerprint density at radius 1 is 1.50 bits per heavy atom. The number of aryl methyl sites for hydroxylation is 1. The molecule has 84 valence electrons. The van der Waals surface area contributed by atoms with E-state index in [0.29, 0.717) is 16.9 Å². The van der Waals surface area contributed by atoms with Crippen molar-refractivity contribution in [2.24, 2.45) is 5.84 Å². The molecule has 16 heavy (non-hydrogen) atoms. The van der Waals surface area contributed by atoms with Crippen LogP contribution >= 0.6 is 11.8 Å². The smallest absolute Gasteiger partial charge is 0.276 e. The molecule has 0 radical (unpaired) electrons. The molecule has 3 N–H and O–H groups in total. The molecule has 7 heteroatoms. The van der Waals surface area contributed by atoms with Crippen molar-refractivity contribution in [3.8, 4) is 0 Å². The van der Waals surface area contributed by atoms with Crippen molar-refractivity contribution in [1.82, 2.24) is 15.2 Å². The van der Waals surface area contributed by atoms with E-state index in [2.05, 4.69) is 20.6 Å². The van der Waals surface area contributed by atoms with Crippen LogP contribution in [0.15, 0.2) is 28.0 Å². The van der Waals surface area contributed by atoms with Crippen LogP contribution in [0.1, 0.15) is 11.5 Å². The number of hydrogen-bond donors (Lipinski definition) is 2. The van der Waals surface area contributed by atoms with E-state index >= 15 is 0 Å². The maximum Gasteiger partial charge on any atom is 0.276 e. The largest absolute Gasteiger partial charge is 0.416 e. The molecule has 0 aromatic carbocycles. The lowest BCUT2D eigenvalue weighted by molar-refractivity contribution is 0.429. The number of thioether (sulfide) groups is 1. The van der Waals surface area contributed by atoms with Crippen LogP contribution in [-0.2, 0) is 5.75 Å². The summed E-state index contributed by atoms with van der Waals surface area (Å²) in [5, 5.41) is 8.21. The van der Waals surface area contributed by atoms with Gasteiger partial charge in [0.05, 0.1) is 0 Å². The number of pyridine rings is 1. The first-order valence-electron chi connectivity index (χ1n) is 4.62. The third kappa shape index (κ3) is 2.71. The zero-order valence-electron chi connectivity index (χ0n) is 8.67. The molecule has 0 aliphatic rings. The maximum atomic E-state index is 5.27. The molecule has 2 heterocycles. The van der Waals surface area contributed by atoms with Gasteiger partial charge in [-0.3, -0.25) is 0 Å². The molecule has 6 nitrogen and oxygen atoms in total. The summed E-state index contributed by atoms with van der Waals surface area (Å²) in [6.45, 7) is 1.76. The SMILES string of the molecule is Cc1nnc(SCc2ccnc(NN)c2)o1. The zero-order valence-corrected chi connectivity index (χ0v) is 9.49. The van der Waals surface area contributed by atoms with Gasteiger partial charge in [0.1, 0.15) is 5.82 Å². The molecular formula is C9H11N5OS. The number of nitrogen functional groups attached to an aromatic ring is 1. The van der Waals surface area contributed by atoms with Crippen molar-refractivity contribution >= 4 is 17.6 Å². The van der Waals surface area contributed by atoms with Gasteiger partial charge in [-0.2, -0.15) is 0 Å². The van der Waals surface area contributed by atoms with Crippen molar-refractivity contribution in [2.45, 2.75) is 17.9 Å². The molecule has 0 atom stereocenters. The number of nitrogens with zero attached hydrogens (tertiary/aromatic N) is 3. The predicted octanol–water partition coefficient (Wildman–Crippen LogP) is 1.35. The van der Waals surface area contributed by atoms with Crippen LogP contribution in [0.5, 0.6) is 0 Å². The summed E-state index contributed by atoms with van der Waals surface area (Å²) in [6.07, 6.45) is 1.70. The molecule has 0 saturated heterocycles. The Morgan fingerprint density at radius 2 is 2.38 bits per heavy atom. The molecule has 0 spiro atoms. The number of nitrogens with one attached hydrogen (secondary N) is 1. The topological polar surface area (TPSA) is 89.9 Å². The summed E-state index contributed by atoms with van der Waals surface area (Å²) >= 11 is 1.48. The Kier molecular flexibility index (Phi) is 3.37. The Bertz CT molecular complexity index is 472. The highest BCUT2D eigenvalue weighted by molar-refractivity contribution is 7.98. The van der Waals surface area contributed by atoms with E-state index in [0.717, 1.165) is 11.3 Å². The first kappa shape index (κ1) is 10.9. The van der Waals surface area contributed by atoms with Crippen molar-refractivity contribution in [3.63, 3.8) is 0 Å². The van der Waals surface area contributed by atoms with Crippen molar-refractivity contribution < 1.29 is 4.42 Å². The van der Waals surface area contributed by atoms with E-state index < -0.39 is 0 Å². The van der Waals surface area contributed by atoms with Gasteiger partial charge >= 0.3 is 0 Å². The van der Waals surface area contributed by atoms with Gasteiger partial charge in [0, 0.05) is 18.9 Å². The first-order valence-corrected chi connectivity index (χ1v) is 5.61. The van der Waals surface area contributed by atoms with E-state index in [1.165, 1.54) is 11.8 Å². The molecule has 0 aliphatic heterocycles. The molecule has 0 bridgehead atoms. The highest BCUT2D eigenvalue weighted by Gasteiger charge is 2.04. The van der Waals surface area contributed by atoms with Crippen molar-refractivity contribution in [1.29, 1.82) is 0 Å². The van der Waals surface area contributed by atoms with Crippen LogP contribution < -0.4 is 11.3 Å². The Morgan fingerprint density at radius 3 is 3.06 bits per heavy atom. The fourth-order valence-electron chi connectivity index (χ4n) is 1.12. The second kappa shape index (κ2) is 4.95. The summed E-state index contributed by atoms with van der Waals surface area (Å²) < 4.78 is 5.25. The van der Waals surface area contributed by atoms with E-state index in [1.807, 2.05) is 12.1 Å². The fraction of sp³-hybridized carbons (Fsp3) is 0.222. The number of hydrazine groups is 1. The number of anilines is 1. The van der Waals surface area contributed by atoms with Gasteiger partial charge in [-0.25, -0.2) is 10.8 Å². The Hall–Kier alpha value is -1.60. The van der Waals surface area contributed by atoms with Crippen LogP contribution in [0, 0.1) is 6.92 Å². The Labute approximate surface area is 96.6 Å². The maximum absolute atomic E-state index is 5.27. The van der Waals surface area contributed by atoms with Gasteiger partial charge in [-0.15, -0.1) is 10.2 Å². The minimum atomic E-state index is 0.566. The van der Waals surface area contributed by atoms with Crippen molar-refractivity contribution in [2.75, 3.05) is 5.43 Å². The Balaban J connectivity index is 1.99. The number of aromatic nitrogens is 3. The normalized spacial score (nSPS) is 10.4. The van der Waals surface area contributed by atoms with Crippen LogP contribution in [0.25, 0.3) is 0 Å². The van der Waals surface area contributed by atoms with Gasteiger partial charge in [-0.05, 0) is 17.7 Å². The number of rotatable bonds is 4. The third-order valence-corrected chi connectivity index (χ3v) is 2.73. The van der Waals surface area contributed by atoms with Gasteiger partial charge in [-0.1, -0.05) is 11.8 Å².